The summed E-state index contributed by atoms with van der Waals surface area (Å²) in [7, 11) is 0. The molecule has 1 heterocycles. The Morgan fingerprint density at radius 1 is 1.25 bits per heavy atom. The van der Waals surface area contributed by atoms with E-state index in [0.717, 1.165) is 11.3 Å². The maximum absolute atomic E-state index is 5.95. The largest absolute Gasteiger partial charge is 0.138 e. The Balaban J connectivity index is 2.55. The molecule has 0 unspecified atom stereocenters. The van der Waals surface area contributed by atoms with Gasteiger partial charge in [-0.2, -0.15) is 0 Å². The molecule has 0 aliphatic heterocycles. The van der Waals surface area contributed by atoms with Crippen LogP contribution in [0.3, 0.4) is 0 Å². The van der Waals surface area contributed by atoms with Gasteiger partial charge in [-0.1, -0.05) is 34.3 Å². The number of halogens is 1. The first-order valence-corrected chi connectivity index (χ1v) is 4.61. The van der Waals surface area contributed by atoms with Crippen molar-refractivity contribution < 1.29 is 0 Å². The second kappa shape index (κ2) is 3.21. The fourth-order valence-corrected chi connectivity index (χ4v) is 1.64. The molecule has 0 fully saturated rings. The lowest BCUT2D eigenvalue weighted by Crippen LogP contribution is -1.78. The molecular weight excluding hydrogens is 192 g/mol. The summed E-state index contributed by atoms with van der Waals surface area (Å²) in [6.45, 7) is 0. The topological polar surface area (TPSA) is 25.8 Å². The molecule has 0 amide bonds. The number of hydrogen-bond donors (Lipinski definition) is 0. The zero-order valence-corrected chi connectivity index (χ0v) is 7.64. The van der Waals surface area contributed by atoms with Crippen molar-refractivity contribution in [3.63, 3.8) is 0 Å². The van der Waals surface area contributed by atoms with Crippen molar-refractivity contribution >= 4 is 23.1 Å². The maximum atomic E-state index is 5.95. The third-order valence-electron chi connectivity index (χ3n) is 1.51. The highest BCUT2D eigenvalue weighted by molar-refractivity contribution is 7.03. The molecule has 1 aromatic carbocycles. The van der Waals surface area contributed by atoms with Gasteiger partial charge in [-0.15, -0.1) is 5.10 Å². The molecule has 2 aromatic rings. The van der Waals surface area contributed by atoms with E-state index in [1.54, 1.807) is 0 Å². The highest BCUT2D eigenvalue weighted by Gasteiger charge is 2.03. The third-order valence-corrected chi connectivity index (χ3v) is 2.34. The van der Waals surface area contributed by atoms with Gasteiger partial charge in [0.2, 0.25) is 0 Å². The zero-order chi connectivity index (χ0) is 8.39. The molecule has 2 rings (SSSR count). The first-order valence-electron chi connectivity index (χ1n) is 3.40. The van der Waals surface area contributed by atoms with E-state index in [2.05, 4.69) is 9.59 Å². The molecule has 0 spiro atoms. The molecule has 0 saturated heterocycles. The second-order valence-electron chi connectivity index (χ2n) is 2.27. The summed E-state index contributed by atoms with van der Waals surface area (Å²) in [5, 5.41) is 6.52. The van der Waals surface area contributed by atoms with Crippen molar-refractivity contribution in [1.29, 1.82) is 0 Å². The highest BCUT2D eigenvalue weighted by Crippen LogP contribution is 2.25. The summed E-state index contributed by atoms with van der Waals surface area (Å²) in [6.07, 6.45) is 0. The van der Waals surface area contributed by atoms with E-state index in [-0.39, 0.29) is 0 Å². The minimum Gasteiger partial charge on any atom is -0.138 e. The average molecular weight is 197 g/mol. The molecule has 4 heteroatoms. The minimum atomic E-state index is 0.713. The molecule has 0 aliphatic carbocycles. The molecule has 0 aliphatic rings. The quantitative estimate of drug-likeness (QED) is 0.701. The summed E-state index contributed by atoms with van der Waals surface area (Å²) in [5.74, 6) is 0. The molecule has 12 heavy (non-hydrogen) atoms. The normalized spacial score (nSPS) is 10.1. The number of aromatic nitrogens is 2. The van der Waals surface area contributed by atoms with Gasteiger partial charge in [0.15, 0.2) is 0 Å². The van der Waals surface area contributed by atoms with Gasteiger partial charge in [-0.05, 0) is 17.6 Å². The van der Waals surface area contributed by atoms with Gasteiger partial charge in [-0.3, -0.25) is 0 Å². The van der Waals surface area contributed by atoms with Crippen LogP contribution in [0.2, 0.25) is 5.02 Å². The van der Waals surface area contributed by atoms with E-state index in [1.165, 1.54) is 11.5 Å². The van der Waals surface area contributed by atoms with Gasteiger partial charge in [0.1, 0.15) is 5.69 Å². The van der Waals surface area contributed by atoms with Gasteiger partial charge < -0.3 is 0 Å². The van der Waals surface area contributed by atoms with Crippen LogP contribution in [0.15, 0.2) is 29.6 Å². The SMILES string of the molecule is Clc1ccccc1-c1csnn1. The Kier molecular flexibility index (Phi) is 2.06. The van der Waals surface area contributed by atoms with Crippen molar-refractivity contribution in [2.24, 2.45) is 0 Å². The van der Waals surface area contributed by atoms with Crippen LogP contribution < -0.4 is 0 Å². The molecule has 0 N–H and O–H groups in total. The van der Waals surface area contributed by atoms with Crippen LogP contribution >= 0.6 is 23.1 Å². The van der Waals surface area contributed by atoms with Gasteiger partial charge >= 0.3 is 0 Å². The molecule has 0 atom stereocenters. The van der Waals surface area contributed by atoms with Crippen LogP contribution in [0.25, 0.3) is 11.3 Å². The lowest BCUT2D eigenvalue weighted by atomic mass is 10.2. The standard InChI is InChI=1S/C8H5ClN2S/c9-7-4-2-1-3-6(7)8-5-12-11-10-8/h1-5H. The summed E-state index contributed by atoms with van der Waals surface area (Å²) in [6, 6.07) is 7.60. The lowest BCUT2D eigenvalue weighted by Gasteiger charge is -1.96. The Morgan fingerprint density at radius 3 is 2.75 bits per heavy atom. The number of hydrogen-bond acceptors (Lipinski definition) is 3. The van der Waals surface area contributed by atoms with Gasteiger partial charge in [0.25, 0.3) is 0 Å². The van der Waals surface area contributed by atoms with Crippen molar-refractivity contribution in [1.82, 2.24) is 9.59 Å². The summed E-state index contributed by atoms with van der Waals surface area (Å²) in [4.78, 5) is 0. The van der Waals surface area contributed by atoms with Crippen molar-refractivity contribution in [3.8, 4) is 11.3 Å². The van der Waals surface area contributed by atoms with Crippen molar-refractivity contribution in [2.45, 2.75) is 0 Å². The van der Waals surface area contributed by atoms with Gasteiger partial charge in [-0.25, -0.2) is 0 Å². The molecule has 60 valence electrons. The third kappa shape index (κ3) is 1.33. The Morgan fingerprint density at radius 2 is 2.08 bits per heavy atom. The highest BCUT2D eigenvalue weighted by atomic mass is 35.5. The molecule has 1 aromatic heterocycles. The average Bonchev–Trinajstić information content (AvgIpc) is 2.57. The number of nitrogens with zero attached hydrogens (tertiary/aromatic N) is 2. The van der Waals surface area contributed by atoms with Crippen LogP contribution in [0.5, 0.6) is 0 Å². The van der Waals surface area contributed by atoms with E-state index in [1.807, 2.05) is 29.6 Å². The van der Waals surface area contributed by atoms with Crippen LogP contribution in [0.1, 0.15) is 0 Å². The number of benzene rings is 1. The summed E-state index contributed by atoms with van der Waals surface area (Å²) in [5.41, 5.74) is 1.78. The van der Waals surface area contributed by atoms with Crippen LogP contribution in [-0.4, -0.2) is 9.59 Å². The van der Waals surface area contributed by atoms with E-state index in [0.29, 0.717) is 5.02 Å². The predicted octanol–water partition coefficient (Wildman–Crippen LogP) is 2.86. The van der Waals surface area contributed by atoms with Gasteiger partial charge in [0.05, 0.1) is 5.02 Å². The second-order valence-corrected chi connectivity index (χ2v) is 3.29. The maximum Gasteiger partial charge on any atom is 0.107 e. The Labute approximate surface area is 79.0 Å². The summed E-state index contributed by atoms with van der Waals surface area (Å²) < 4.78 is 3.77. The lowest BCUT2D eigenvalue weighted by molar-refractivity contribution is 1.16. The zero-order valence-electron chi connectivity index (χ0n) is 6.07. The molecule has 0 bridgehead atoms. The van der Waals surface area contributed by atoms with Crippen LogP contribution in [-0.2, 0) is 0 Å². The van der Waals surface area contributed by atoms with Crippen molar-refractivity contribution in [2.75, 3.05) is 0 Å². The van der Waals surface area contributed by atoms with E-state index >= 15 is 0 Å². The molecular formula is C8H5ClN2S. The first-order chi connectivity index (χ1) is 5.88. The fraction of sp³-hybridized carbons (Fsp3) is 0. The molecule has 2 nitrogen and oxygen atoms in total. The Bertz CT molecular complexity index is 372. The van der Waals surface area contributed by atoms with Crippen LogP contribution in [0, 0.1) is 0 Å². The predicted molar refractivity (Wildman–Crippen MR) is 50.4 cm³/mol. The smallest absolute Gasteiger partial charge is 0.107 e. The van der Waals surface area contributed by atoms with E-state index < -0.39 is 0 Å². The van der Waals surface area contributed by atoms with E-state index in [4.69, 9.17) is 11.6 Å². The molecule has 0 saturated carbocycles. The number of rotatable bonds is 1. The van der Waals surface area contributed by atoms with Gasteiger partial charge in [0, 0.05) is 10.9 Å². The first kappa shape index (κ1) is 7.71. The Hall–Kier alpha value is -0.930. The summed E-state index contributed by atoms with van der Waals surface area (Å²) >= 11 is 7.28. The monoisotopic (exact) mass is 196 g/mol. The van der Waals surface area contributed by atoms with Crippen molar-refractivity contribution in [3.05, 3.63) is 34.7 Å². The molecule has 0 radical (unpaired) electrons. The minimum absolute atomic E-state index is 0.713. The fourth-order valence-electron chi connectivity index (χ4n) is 0.951. The van der Waals surface area contributed by atoms with Crippen LogP contribution in [0.4, 0.5) is 0 Å². The van der Waals surface area contributed by atoms with E-state index in [9.17, 15) is 0 Å².